The molecule has 0 spiro atoms. The molecule has 0 bridgehead atoms. The Morgan fingerprint density at radius 3 is 2.74 bits per heavy atom. The summed E-state index contributed by atoms with van der Waals surface area (Å²) in [5.41, 5.74) is 2.72. The van der Waals surface area contributed by atoms with Crippen molar-refractivity contribution in [1.82, 2.24) is 14.9 Å². The second-order valence-electron chi connectivity index (χ2n) is 5.28. The van der Waals surface area contributed by atoms with E-state index in [1.807, 2.05) is 43.7 Å². The van der Waals surface area contributed by atoms with Gasteiger partial charge in [-0.2, -0.15) is 10.2 Å². The van der Waals surface area contributed by atoms with Gasteiger partial charge in [-0.05, 0) is 38.4 Å². The fourth-order valence-corrected chi connectivity index (χ4v) is 2.91. The summed E-state index contributed by atoms with van der Waals surface area (Å²) in [7, 11) is 4.06. The molecule has 2 aromatic heterocycles. The first-order chi connectivity index (χ1) is 11.2. The monoisotopic (exact) mass is 327 g/mol. The highest BCUT2D eigenvalue weighted by Gasteiger charge is 2.03. The van der Waals surface area contributed by atoms with Gasteiger partial charge in [0.05, 0.1) is 17.6 Å². The number of rotatable bonds is 6. The van der Waals surface area contributed by atoms with Crippen LogP contribution in [-0.2, 0) is 13.1 Å². The van der Waals surface area contributed by atoms with Gasteiger partial charge in [0.25, 0.3) is 0 Å². The van der Waals surface area contributed by atoms with Gasteiger partial charge < -0.3 is 9.32 Å². The highest BCUT2D eigenvalue weighted by Crippen LogP contribution is 2.22. The number of oxazole rings is 1. The van der Waals surface area contributed by atoms with Gasteiger partial charge in [-0.3, -0.25) is 0 Å². The second kappa shape index (κ2) is 7.26. The van der Waals surface area contributed by atoms with E-state index >= 15 is 0 Å². The van der Waals surface area contributed by atoms with E-state index in [0.29, 0.717) is 6.54 Å². The van der Waals surface area contributed by atoms with Crippen LogP contribution in [-0.4, -0.2) is 29.0 Å². The molecule has 3 aromatic rings. The fraction of sp³-hybridized carbons (Fsp3) is 0.250. The number of aromatic nitrogens is 2. The third kappa shape index (κ3) is 4.30. The van der Waals surface area contributed by atoms with Crippen LogP contribution in [0.3, 0.4) is 0 Å². The quantitative estimate of drug-likeness (QED) is 0.638. The minimum atomic E-state index is 0.494. The molecule has 0 atom stereocenters. The maximum atomic E-state index is 5.25. The van der Waals surface area contributed by atoms with E-state index in [0.717, 1.165) is 34.3 Å². The maximum Gasteiger partial charge on any atom is 0.181 e. The first-order valence-corrected chi connectivity index (χ1v) is 8.03. The van der Waals surface area contributed by atoms with Crippen LogP contribution in [0, 0.1) is 0 Å². The average molecular weight is 327 g/mol. The molecule has 3 rings (SSSR count). The van der Waals surface area contributed by atoms with E-state index in [9.17, 15) is 0 Å². The van der Waals surface area contributed by atoms with Gasteiger partial charge in [-0.25, -0.2) is 9.97 Å². The highest BCUT2D eigenvalue weighted by atomic mass is 32.1. The van der Waals surface area contributed by atoms with Crippen molar-refractivity contribution in [2.24, 2.45) is 10.2 Å². The van der Waals surface area contributed by atoms with Crippen molar-refractivity contribution in [3.63, 3.8) is 0 Å². The van der Waals surface area contributed by atoms with E-state index in [2.05, 4.69) is 25.1 Å². The molecule has 0 radical (unpaired) electrons. The van der Waals surface area contributed by atoms with Crippen molar-refractivity contribution in [1.29, 1.82) is 0 Å². The van der Waals surface area contributed by atoms with Crippen molar-refractivity contribution in [2.45, 2.75) is 13.1 Å². The Kier molecular flexibility index (Phi) is 4.89. The van der Waals surface area contributed by atoms with E-state index in [4.69, 9.17) is 4.42 Å². The summed E-state index contributed by atoms with van der Waals surface area (Å²) < 4.78 is 5.25. The van der Waals surface area contributed by atoms with Gasteiger partial charge in [-0.1, -0.05) is 0 Å². The van der Waals surface area contributed by atoms with E-state index in [-0.39, 0.29) is 0 Å². The van der Waals surface area contributed by atoms with Gasteiger partial charge in [0, 0.05) is 17.5 Å². The third-order valence-electron chi connectivity index (χ3n) is 3.05. The van der Waals surface area contributed by atoms with Gasteiger partial charge in [0.1, 0.15) is 11.6 Å². The van der Waals surface area contributed by atoms with Gasteiger partial charge in [0.2, 0.25) is 0 Å². The van der Waals surface area contributed by atoms with E-state index < -0.39 is 0 Å². The zero-order chi connectivity index (χ0) is 16.1. The topological polar surface area (TPSA) is 66.9 Å². The van der Waals surface area contributed by atoms with Crippen LogP contribution in [0.4, 0.5) is 5.69 Å². The van der Waals surface area contributed by atoms with Gasteiger partial charge in [-0.15, -0.1) is 11.3 Å². The lowest BCUT2D eigenvalue weighted by atomic mass is 10.2. The van der Waals surface area contributed by atoms with Crippen LogP contribution in [0.2, 0.25) is 0 Å². The molecule has 23 heavy (non-hydrogen) atoms. The smallest absolute Gasteiger partial charge is 0.181 e. The number of azo groups is 1. The lowest BCUT2D eigenvalue weighted by Crippen LogP contribution is -2.10. The zero-order valence-corrected chi connectivity index (χ0v) is 13.8. The summed E-state index contributed by atoms with van der Waals surface area (Å²) in [6.45, 7) is 1.35. The predicted octanol–water partition coefficient (Wildman–Crippen LogP) is 4.14. The van der Waals surface area contributed by atoms with Crippen molar-refractivity contribution in [3.05, 3.63) is 52.9 Å². The number of nitrogens with zero attached hydrogens (tertiary/aromatic N) is 5. The Morgan fingerprint density at radius 1 is 1.22 bits per heavy atom. The van der Waals surface area contributed by atoms with Crippen molar-refractivity contribution in [3.8, 4) is 11.3 Å². The molecule has 0 unspecified atom stereocenters. The van der Waals surface area contributed by atoms with Crippen molar-refractivity contribution in [2.75, 3.05) is 14.1 Å². The number of hydrogen-bond acceptors (Lipinski definition) is 7. The van der Waals surface area contributed by atoms with Crippen LogP contribution < -0.4 is 0 Å². The van der Waals surface area contributed by atoms with Gasteiger partial charge in [0.15, 0.2) is 12.2 Å². The molecule has 118 valence electrons. The lowest BCUT2D eigenvalue weighted by Gasteiger charge is -2.04. The van der Waals surface area contributed by atoms with Crippen LogP contribution in [0.5, 0.6) is 0 Å². The number of thiazole rings is 1. The number of benzene rings is 1. The summed E-state index contributed by atoms with van der Waals surface area (Å²) in [6.07, 6.45) is 3.10. The molecule has 6 nitrogen and oxygen atoms in total. The van der Waals surface area contributed by atoms with Crippen molar-refractivity contribution < 1.29 is 4.42 Å². The fourth-order valence-electron chi connectivity index (χ4n) is 2.00. The van der Waals surface area contributed by atoms with Crippen LogP contribution in [0.1, 0.15) is 10.7 Å². The molecule has 7 heteroatoms. The normalized spacial score (nSPS) is 11.6. The number of hydrogen-bond donors (Lipinski definition) is 0. The second-order valence-corrected chi connectivity index (χ2v) is 6.23. The Morgan fingerprint density at radius 2 is 2.04 bits per heavy atom. The lowest BCUT2D eigenvalue weighted by molar-refractivity contribution is 0.401. The van der Waals surface area contributed by atoms with E-state index in [1.54, 1.807) is 17.5 Å². The Labute approximate surface area is 138 Å². The zero-order valence-electron chi connectivity index (χ0n) is 13.0. The van der Waals surface area contributed by atoms with Crippen molar-refractivity contribution >= 4 is 17.0 Å². The third-order valence-corrected chi connectivity index (χ3v) is 3.94. The minimum Gasteiger partial charge on any atom is -0.444 e. The summed E-state index contributed by atoms with van der Waals surface area (Å²) in [6, 6.07) is 7.68. The molecule has 0 aliphatic heterocycles. The largest absolute Gasteiger partial charge is 0.444 e. The molecule has 2 heterocycles. The summed E-state index contributed by atoms with van der Waals surface area (Å²) >= 11 is 1.65. The predicted molar refractivity (Wildman–Crippen MR) is 89.7 cm³/mol. The Bertz CT molecular complexity index is 762. The molecule has 0 amide bonds. The molecular weight excluding hydrogens is 310 g/mol. The average Bonchev–Trinajstić information content (AvgIpc) is 3.19. The standard InChI is InChI=1S/C16H17N5OS/c1-21(2)9-16-19-14(10-23-16)7-18-20-13-5-3-12(4-6-13)15-8-17-11-22-15/h3-6,8,10-11H,7,9H2,1-2H3. The summed E-state index contributed by atoms with van der Waals surface area (Å²) in [5.74, 6) is 0.740. The Hall–Kier alpha value is -2.38. The van der Waals surface area contributed by atoms with Crippen LogP contribution in [0.15, 0.2) is 56.9 Å². The molecule has 0 saturated heterocycles. The molecule has 1 aromatic carbocycles. The molecule has 0 N–H and O–H groups in total. The molecule has 0 fully saturated rings. The molecule has 0 saturated carbocycles. The van der Waals surface area contributed by atoms with Crippen LogP contribution in [0.25, 0.3) is 11.3 Å². The maximum absolute atomic E-state index is 5.25. The molecular formula is C16H17N5OS. The summed E-state index contributed by atoms with van der Waals surface area (Å²) in [5, 5.41) is 11.6. The van der Waals surface area contributed by atoms with E-state index in [1.165, 1.54) is 6.39 Å². The Balaban J connectivity index is 1.58. The summed E-state index contributed by atoms with van der Waals surface area (Å²) in [4.78, 5) is 10.5. The first-order valence-electron chi connectivity index (χ1n) is 7.15. The molecule has 0 aliphatic rings. The van der Waals surface area contributed by atoms with Crippen LogP contribution >= 0.6 is 11.3 Å². The highest BCUT2D eigenvalue weighted by molar-refractivity contribution is 7.09. The first kappa shape index (κ1) is 15.5. The molecule has 0 aliphatic carbocycles. The SMILES string of the molecule is CN(C)Cc1nc(CN=Nc2ccc(-c3cnco3)cc2)cs1. The minimum absolute atomic E-state index is 0.494. The van der Waals surface area contributed by atoms with Gasteiger partial charge >= 0.3 is 0 Å².